The fourth-order valence-corrected chi connectivity index (χ4v) is 3.08. The number of carbonyl (C=O) groups excluding carboxylic acids is 1. The highest BCUT2D eigenvalue weighted by Gasteiger charge is 2.28. The fourth-order valence-electron chi connectivity index (χ4n) is 2.45. The lowest BCUT2D eigenvalue weighted by Gasteiger charge is -2.08. The Labute approximate surface area is 135 Å². The smallest absolute Gasteiger partial charge is 0.217 e. The Morgan fingerprint density at radius 2 is 1.78 bits per heavy atom. The van der Waals surface area contributed by atoms with Crippen LogP contribution in [0.5, 0.6) is 5.88 Å². The highest BCUT2D eigenvalue weighted by Crippen LogP contribution is 2.43. The van der Waals surface area contributed by atoms with Crippen LogP contribution in [0.2, 0.25) is 0 Å². The first-order valence-corrected chi connectivity index (χ1v) is 9.19. The normalized spacial score (nSPS) is 14.5. The fraction of sp³-hybridized carbons (Fsp3) is 0.294. The second kappa shape index (κ2) is 5.77. The van der Waals surface area contributed by atoms with Crippen molar-refractivity contribution < 1.29 is 17.9 Å². The standard InChI is InChI=1S/C17H17NO4S/c1-22-17-14(11-3-4-11)9-10-15(18-17)16(19)12-5-7-13(8-6-12)23(2,20)21/h5-11H,3-4H2,1-2H3. The van der Waals surface area contributed by atoms with E-state index in [9.17, 15) is 13.2 Å². The molecule has 0 amide bonds. The summed E-state index contributed by atoms with van der Waals surface area (Å²) in [6.07, 6.45) is 3.38. The van der Waals surface area contributed by atoms with E-state index >= 15 is 0 Å². The maximum Gasteiger partial charge on any atom is 0.217 e. The average Bonchev–Trinajstić information content (AvgIpc) is 3.37. The van der Waals surface area contributed by atoms with E-state index in [4.69, 9.17) is 4.74 Å². The molecule has 1 fully saturated rings. The van der Waals surface area contributed by atoms with Gasteiger partial charge in [0.1, 0.15) is 5.69 Å². The lowest BCUT2D eigenvalue weighted by molar-refractivity contribution is 0.103. The third-order valence-corrected chi connectivity index (χ3v) is 5.01. The van der Waals surface area contributed by atoms with E-state index < -0.39 is 9.84 Å². The zero-order valence-corrected chi connectivity index (χ0v) is 13.8. The highest BCUT2D eigenvalue weighted by molar-refractivity contribution is 7.90. The molecule has 0 spiro atoms. The molecule has 0 radical (unpaired) electrons. The number of hydrogen-bond donors (Lipinski definition) is 0. The van der Waals surface area contributed by atoms with Crippen molar-refractivity contribution in [3.05, 3.63) is 53.2 Å². The molecule has 1 aliphatic rings. The molecule has 2 aromatic rings. The van der Waals surface area contributed by atoms with Gasteiger partial charge in [0.2, 0.25) is 11.7 Å². The number of ketones is 1. The lowest BCUT2D eigenvalue weighted by Crippen LogP contribution is -2.07. The van der Waals surface area contributed by atoms with Crippen LogP contribution in [0.1, 0.15) is 40.4 Å². The first-order valence-electron chi connectivity index (χ1n) is 7.30. The van der Waals surface area contributed by atoms with Gasteiger partial charge in [-0.15, -0.1) is 0 Å². The Morgan fingerprint density at radius 3 is 2.30 bits per heavy atom. The number of ether oxygens (including phenoxy) is 1. The molecule has 0 bridgehead atoms. The maximum atomic E-state index is 12.5. The highest BCUT2D eigenvalue weighted by atomic mass is 32.2. The summed E-state index contributed by atoms with van der Waals surface area (Å²) in [5, 5.41) is 0. The number of sulfone groups is 1. The average molecular weight is 331 g/mol. The second-order valence-corrected chi connectivity index (χ2v) is 7.71. The summed E-state index contributed by atoms with van der Waals surface area (Å²) < 4.78 is 28.2. The SMILES string of the molecule is COc1nc(C(=O)c2ccc(S(C)(=O)=O)cc2)ccc1C1CC1. The van der Waals surface area contributed by atoms with E-state index in [0.717, 1.165) is 24.7 Å². The number of methoxy groups -OCH3 is 1. The minimum absolute atomic E-state index is 0.184. The van der Waals surface area contributed by atoms with E-state index in [2.05, 4.69) is 4.98 Å². The summed E-state index contributed by atoms with van der Waals surface area (Å²) >= 11 is 0. The minimum Gasteiger partial charge on any atom is -0.481 e. The van der Waals surface area contributed by atoms with Gasteiger partial charge >= 0.3 is 0 Å². The number of benzene rings is 1. The first kappa shape index (κ1) is 15.7. The van der Waals surface area contributed by atoms with Gasteiger partial charge in [0.15, 0.2) is 9.84 Å². The molecule has 1 aromatic heterocycles. The summed E-state index contributed by atoms with van der Waals surface area (Å²) in [4.78, 5) is 17.0. The van der Waals surface area contributed by atoms with Crippen molar-refractivity contribution in [2.45, 2.75) is 23.7 Å². The number of aromatic nitrogens is 1. The van der Waals surface area contributed by atoms with Gasteiger partial charge in [0, 0.05) is 17.4 Å². The summed E-state index contributed by atoms with van der Waals surface area (Å²) in [5.41, 5.74) is 1.72. The lowest BCUT2D eigenvalue weighted by atomic mass is 10.1. The van der Waals surface area contributed by atoms with Crippen LogP contribution >= 0.6 is 0 Å². The van der Waals surface area contributed by atoms with Crippen molar-refractivity contribution in [1.82, 2.24) is 4.98 Å². The van der Waals surface area contributed by atoms with Gasteiger partial charge in [-0.3, -0.25) is 4.79 Å². The number of hydrogen-bond acceptors (Lipinski definition) is 5. The van der Waals surface area contributed by atoms with Gasteiger partial charge in [0.05, 0.1) is 12.0 Å². The Balaban J connectivity index is 1.91. The van der Waals surface area contributed by atoms with Crippen molar-refractivity contribution in [3.8, 4) is 5.88 Å². The molecule has 1 aliphatic carbocycles. The third-order valence-electron chi connectivity index (χ3n) is 3.88. The van der Waals surface area contributed by atoms with Crippen LogP contribution in [0.3, 0.4) is 0 Å². The molecule has 1 heterocycles. The summed E-state index contributed by atoms with van der Waals surface area (Å²) in [6.45, 7) is 0. The number of nitrogens with zero attached hydrogens (tertiary/aromatic N) is 1. The number of carbonyl (C=O) groups is 1. The van der Waals surface area contributed by atoms with Gasteiger partial charge in [-0.1, -0.05) is 6.07 Å². The zero-order chi connectivity index (χ0) is 16.6. The summed E-state index contributed by atoms with van der Waals surface area (Å²) in [5.74, 6) is 0.715. The first-order chi connectivity index (χ1) is 10.9. The van der Waals surface area contributed by atoms with Crippen molar-refractivity contribution in [3.63, 3.8) is 0 Å². The van der Waals surface area contributed by atoms with E-state index in [1.54, 1.807) is 13.2 Å². The Morgan fingerprint density at radius 1 is 1.13 bits per heavy atom. The predicted molar refractivity (Wildman–Crippen MR) is 85.7 cm³/mol. The molecule has 0 atom stereocenters. The molecule has 5 nitrogen and oxygen atoms in total. The Kier molecular flexibility index (Phi) is 3.93. The van der Waals surface area contributed by atoms with E-state index in [1.807, 2.05) is 6.07 Å². The summed E-state index contributed by atoms with van der Waals surface area (Å²) in [7, 11) is -1.73. The molecule has 23 heavy (non-hydrogen) atoms. The van der Waals surface area contributed by atoms with Gasteiger partial charge < -0.3 is 4.74 Å². The largest absolute Gasteiger partial charge is 0.481 e. The Hall–Kier alpha value is -2.21. The number of rotatable bonds is 5. The van der Waals surface area contributed by atoms with Crippen LogP contribution < -0.4 is 4.74 Å². The zero-order valence-electron chi connectivity index (χ0n) is 12.9. The molecular formula is C17H17NO4S. The van der Waals surface area contributed by atoms with E-state index in [-0.39, 0.29) is 10.7 Å². The van der Waals surface area contributed by atoms with Crippen molar-refractivity contribution >= 4 is 15.6 Å². The summed E-state index contributed by atoms with van der Waals surface area (Å²) in [6, 6.07) is 9.45. The minimum atomic E-state index is -3.28. The molecule has 0 aliphatic heterocycles. The third kappa shape index (κ3) is 3.27. The van der Waals surface area contributed by atoms with Crippen LogP contribution in [0.25, 0.3) is 0 Å². The van der Waals surface area contributed by atoms with Gasteiger partial charge in [0.25, 0.3) is 0 Å². The molecule has 120 valence electrons. The quantitative estimate of drug-likeness (QED) is 0.787. The molecule has 3 rings (SSSR count). The molecule has 0 N–H and O–H groups in total. The molecule has 0 unspecified atom stereocenters. The van der Waals surface area contributed by atoms with Crippen molar-refractivity contribution in [2.75, 3.05) is 13.4 Å². The van der Waals surface area contributed by atoms with Gasteiger partial charge in [-0.2, -0.15) is 0 Å². The topological polar surface area (TPSA) is 73.3 Å². The molecule has 0 saturated heterocycles. The van der Waals surface area contributed by atoms with Crippen LogP contribution in [0.4, 0.5) is 0 Å². The number of pyridine rings is 1. The van der Waals surface area contributed by atoms with Gasteiger partial charge in [-0.05, 0) is 49.1 Å². The predicted octanol–water partition coefficient (Wildman–Crippen LogP) is 2.60. The maximum absolute atomic E-state index is 12.5. The van der Waals surface area contributed by atoms with Crippen LogP contribution in [0, 0.1) is 0 Å². The van der Waals surface area contributed by atoms with Crippen LogP contribution in [-0.4, -0.2) is 32.6 Å². The monoisotopic (exact) mass is 331 g/mol. The Bertz CT molecular complexity index is 853. The second-order valence-electron chi connectivity index (χ2n) is 5.69. The molecular weight excluding hydrogens is 314 g/mol. The van der Waals surface area contributed by atoms with E-state index in [0.29, 0.717) is 23.1 Å². The van der Waals surface area contributed by atoms with E-state index in [1.165, 1.54) is 24.3 Å². The molecule has 6 heteroatoms. The molecule has 1 aromatic carbocycles. The van der Waals surface area contributed by atoms with Crippen molar-refractivity contribution in [2.24, 2.45) is 0 Å². The van der Waals surface area contributed by atoms with Crippen LogP contribution in [-0.2, 0) is 9.84 Å². The van der Waals surface area contributed by atoms with Crippen LogP contribution in [0.15, 0.2) is 41.3 Å². The van der Waals surface area contributed by atoms with Gasteiger partial charge in [-0.25, -0.2) is 13.4 Å². The molecule has 1 saturated carbocycles. The van der Waals surface area contributed by atoms with Crippen molar-refractivity contribution in [1.29, 1.82) is 0 Å².